The molecule has 6 heteroatoms. The van der Waals surface area contributed by atoms with Crippen LogP contribution in [0.25, 0.3) is 0 Å². The first kappa shape index (κ1) is 16.5. The van der Waals surface area contributed by atoms with Gasteiger partial charge in [-0.3, -0.25) is 4.79 Å². The van der Waals surface area contributed by atoms with Crippen molar-refractivity contribution in [2.45, 2.75) is 31.0 Å². The van der Waals surface area contributed by atoms with Crippen LogP contribution in [0, 0.1) is 5.82 Å². The smallest absolute Gasteiger partial charge is 0.351 e. The van der Waals surface area contributed by atoms with Crippen LogP contribution in [0.2, 0.25) is 0 Å². The molecule has 0 heterocycles. The molecule has 0 aliphatic heterocycles. The molecule has 1 saturated carbocycles. The Morgan fingerprint density at radius 3 is 2.25 bits per heavy atom. The predicted molar refractivity (Wildman–Crippen MR) is 80.6 cm³/mol. The lowest BCUT2D eigenvalue weighted by Crippen LogP contribution is -2.34. The number of benzene rings is 2. The molecule has 2 nitrogen and oxygen atoms in total. The van der Waals surface area contributed by atoms with Gasteiger partial charge in [-0.15, -0.1) is 0 Å². The molecule has 0 radical (unpaired) electrons. The molecular weight excluding hydrogens is 322 g/mol. The lowest BCUT2D eigenvalue weighted by atomic mass is 9.94. The molecule has 3 rings (SSSR count). The van der Waals surface area contributed by atoms with Gasteiger partial charge in [-0.2, -0.15) is 13.2 Å². The Labute approximate surface area is 136 Å². The first-order valence-corrected chi connectivity index (χ1v) is 7.52. The molecule has 1 aliphatic carbocycles. The second-order valence-electron chi connectivity index (χ2n) is 5.93. The summed E-state index contributed by atoms with van der Waals surface area (Å²) in [7, 11) is 0. The molecule has 2 aromatic carbocycles. The van der Waals surface area contributed by atoms with E-state index < -0.39 is 23.0 Å². The van der Waals surface area contributed by atoms with E-state index in [0.29, 0.717) is 18.4 Å². The van der Waals surface area contributed by atoms with Gasteiger partial charge in [0.05, 0.1) is 11.0 Å². The van der Waals surface area contributed by atoms with E-state index in [1.807, 2.05) is 0 Å². The minimum absolute atomic E-state index is 0.0215. The van der Waals surface area contributed by atoms with Crippen LogP contribution in [0.5, 0.6) is 0 Å². The van der Waals surface area contributed by atoms with Crippen molar-refractivity contribution >= 4 is 5.91 Å². The van der Waals surface area contributed by atoms with Gasteiger partial charge in [0.2, 0.25) is 5.91 Å². The van der Waals surface area contributed by atoms with Gasteiger partial charge >= 0.3 is 6.18 Å². The second-order valence-corrected chi connectivity index (χ2v) is 5.93. The highest BCUT2D eigenvalue weighted by atomic mass is 19.4. The Kier molecular flexibility index (Phi) is 4.07. The maximum atomic E-state index is 13.0. The standard InChI is InChI=1S/C18H15F4NO/c19-14-7-5-13(6-8-14)17(9-10-17)16(24)23-11-12-3-1-2-4-15(12)18(20,21)22/h1-8H,9-11H2,(H,23,24). The van der Waals surface area contributed by atoms with E-state index in [1.165, 1.54) is 30.3 Å². The monoisotopic (exact) mass is 337 g/mol. The van der Waals surface area contributed by atoms with E-state index in [0.717, 1.165) is 6.07 Å². The Hall–Kier alpha value is -2.37. The van der Waals surface area contributed by atoms with Gasteiger partial charge in [0, 0.05) is 6.54 Å². The molecular formula is C18H15F4NO. The molecule has 126 valence electrons. The Balaban J connectivity index is 1.74. The van der Waals surface area contributed by atoms with Crippen molar-refractivity contribution in [3.63, 3.8) is 0 Å². The third-order valence-corrected chi connectivity index (χ3v) is 4.34. The van der Waals surface area contributed by atoms with E-state index in [9.17, 15) is 22.4 Å². The summed E-state index contributed by atoms with van der Waals surface area (Å²) in [4.78, 5) is 12.5. The number of rotatable bonds is 4. The van der Waals surface area contributed by atoms with Crippen molar-refractivity contribution in [2.24, 2.45) is 0 Å². The highest BCUT2D eigenvalue weighted by Gasteiger charge is 2.51. The lowest BCUT2D eigenvalue weighted by Gasteiger charge is -2.17. The summed E-state index contributed by atoms with van der Waals surface area (Å²) < 4.78 is 51.9. The van der Waals surface area contributed by atoms with E-state index in [-0.39, 0.29) is 18.0 Å². The van der Waals surface area contributed by atoms with Gasteiger partial charge in [0.15, 0.2) is 0 Å². The molecule has 0 spiro atoms. The molecule has 24 heavy (non-hydrogen) atoms. The number of hydrogen-bond acceptors (Lipinski definition) is 1. The fourth-order valence-electron chi connectivity index (χ4n) is 2.84. The zero-order valence-corrected chi connectivity index (χ0v) is 12.7. The van der Waals surface area contributed by atoms with Crippen LogP contribution in [0.15, 0.2) is 48.5 Å². The van der Waals surface area contributed by atoms with Crippen molar-refractivity contribution in [2.75, 3.05) is 0 Å². The summed E-state index contributed by atoms with van der Waals surface area (Å²) in [5.74, 6) is -0.722. The fraction of sp³-hybridized carbons (Fsp3) is 0.278. The third-order valence-electron chi connectivity index (χ3n) is 4.34. The van der Waals surface area contributed by atoms with E-state index in [1.54, 1.807) is 12.1 Å². The lowest BCUT2D eigenvalue weighted by molar-refractivity contribution is -0.138. The van der Waals surface area contributed by atoms with Crippen molar-refractivity contribution in [3.8, 4) is 0 Å². The maximum absolute atomic E-state index is 13.0. The molecule has 0 unspecified atom stereocenters. The largest absolute Gasteiger partial charge is 0.416 e. The zero-order valence-electron chi connectivity index (χ0n) is 12.7. The van der Waals surface area contributed by atoms with Crippen LogP contribution in [0.4, 0.5) is 17.6 Å². The normalized spacial score (nSPS) is 15.8. The van der Waals surface area contributed by atoms with Crippen molar-refractivity contribution in [1.29, 1.82) is 0 Å². The minimum Gasteiger partial charge on any atom is -0.351 e. The number of nitrogens with one attached hydrogen (secondary N) is 1. The number of carbonyl (C=O) groups is 1. The van der Waals surface area contributed by atoms with Gasteiger partial charge in [0.25, 0.3) is 0 Å². The van der Waals surface area contributed by atoms with Gasteiger partial charge in [-0.25, -0.2) is 4.39 Å². The van der Waals surface area contributed by atoms with Crippen LogP contribution in [0.3, 0.4) is 0 Å². The molecule has 1 amide bonds. The van der Waals surface area contributed by atoms with Crippen LogP contribution in [0.1, 0.15) is 29.5 Å². The van der Waals surface area contributed by atoms with Crippen molar-refractivity contribution in [3.05, 3.63) is 71.0 Å². The maximum Gasteiger partial charge on any atom is 0.416 e. The third kappa shape index (κ3) is 3.13. The summed E-state index contributed by atoms with van der Waals surface area (Å²) in [6.07, 6.45) is -3.26. The van der Waals surface area contributed by atoms with Crippen LogP contribution >= 0.6 is 0 Å². The van der Waals surface area contributed by atoms with Crippen molar-refractivity contribution < 1.29 is 22.4 Å². The molecule has 2 aromatic rings. The molecule has 1 N–H and O–H groups in total. The van der Waals surface area contributed by atoms with Crippen molar-refractivity contribution in [1.82, 2.24) is 5.32 Å². The predicted octanol–water partition coefficient (Wildman–Crippen LogP) is 4.19. The summed E-state index contributed by atoms with van der Waals surface area (Å²) in [5.41, 5.74) is -0.795. The van der Waals surface area contributed by atoms with E-state index >= 15 is 0 Å². The number of amides is 1. The summed E-state index contributed by atoms with van der Waals surface area (Å²) in [6.45, 7) is -0.197. The molecule has 1 aliphatic rings. The molecule has 1 fully saturated rings. The molecule has 0 saturated heterocycles. The number of halogens is 4. The van der Waals surface area contributed by atoms with Crippen LogP contribution in [-0.4, -0.2) is 5.91 Å². The van der Waals surface area contributed by atoms with Gasteiger partial charge in [-0.05, 0) is 42.2 Å². The van der Waals surface area contributed by atoms with E-state index in [4.69, 9.17) is 0 Å². The highest BCUT2D eigenvalue weighted by Crippen LogP contribution is 2.48. The summed E-state index contributed by atoms with van der Waals surface area (Å²) >= 11 is 0. The van der Waals surface area contributed by atoms with Gasteiger partial charge in [0.1, 0.15) is 5.82 Å². The van der Waals surface area contributed by atoms with Gasteiger partial charge in [-0.1, -0.05) is 30.3 Å². The quantitative estimate of drug-likeness (QED) is 0.833. The number of hydrogen-bond donors (Lipinski definition) is 1. The fourth-order valence-corrected chi connectivity index (χ4v) is 2.84. The molecule has 0 atom stereocenters. The minimum atomic E-state index is -4.46. The van der Waals surface area contributed by atoms with Crippen LogP contribution in [-0.2, 0) is 22.9 Å². The van der Waals surface area contributed by atoms with Crippen LogP contribution < -0.4 is 5.32 Å². The SMILES string of the molecule is O=C(NCc1ccccc1C(F)(F)F)C1(c2ccc(F)cc2)CC1. The highest BCUT2D eigenvalue weighted by molar-refractivity contribution is 5.91. The topological polar surface area (TPSA) is 29.1 Å². The number of alkyl halides is 3. The number of carbonyl (C=O) groups excluding carboxylic acids is 1. The second kappa shape index (κ2) is 5.92. The van der Waals surface area contributed by atoms with Gasteiger partial charge < -0.3 is 5.32 Å². The Morgan fingerprint density at radius 2 is 1.67 bits per heavy atom. The molecule has 0 aromatic heterocycles. The first-order chi connectivity index (χ1) is 11.3. The average molecular weight is 337 g/mol. The summed E-state index contributed by atoms with van der Waals surface area (Å²) in [6, 6.07) is 10.8. The zero-order chi connectivity index (χ0) is 17.4. The summed E-state index contributed by atoms with van der Waals surface area (Å²) in [5, 5.41) is 2.59. The van der Waals surface area contributed by atoms with E-state index in [2.05, 4.69) is 5.32 Å². The Morgan fingerprint density at radius 1 is 1.04 bits per heavy atom. The average Bonchev–Trinajstić information content (AvgIpc) is 3.34. The Bertz CT molecular complexity index is 748. The first-order valence-electron chi connectivity index (χ1n) is 7.52. The molecule has 0 bridgehead atoms.